The van der Waals surface area contributed by atoms with Crippen LogP contribution in [-0.2, 0) is 6.18 Å². The van der Waals surface area contributed by atoms with Gasteiger partial charge >= 0.3 is 6.18 Å². The van der Waals surface area contributed by atoms with E-state index >= 15 is 0 Å². The highest BCUT2D eigenvalue weighted by Crippen LogP contribution is 2.31. The molecule has 1 aromatic heterocycles. The van der Waals surface area contributed by atoms with Gasteiger partial charge in [-0.3, -0.25) is 0 Å². The number of aromatic nitrogens is 2. The SMILES string of the molecule is FC(F)(F)c1nc(Cl)cc(Nc2ccc(Cl)cc2Cl)n1. The highest BCUT2D eigenvalue weighted by Gasteiger charge is 2.35. The van der Waals surface area contributed by atoms with Crippen molar-refractivity contribution in [2.75, 3.05) is 5.32 Å². The maximum absolute atomic E-state index is 12.6. The molecule has 106 valence electrons. The standard InChI is InChI=1S/C11H5Cl3F3N3/c12-5-1-2-7(6(13)3-5)18-9-4-8(14)19-10(20-9)11(15,16)17/h1-4H,(H,18,19,20). The molecule has 9 heteroatoms. The summed E-state index contributed by atoms with van der Waals surface area (Å²) < 4.78 is 37.7. The van der Waals surface area contributed by atoms with Gasteiger partial charge in [-0.25, -0.2) is 9.97 Å². The van der Waals surface area contributed by atoms with Crippen LogP contribution in [0.25, 0.3) is 0 Å². The van der Waals surface area contributed by atoms with Crippen molar-refractivity contribution in [2.45, 2.75) is 6.18 Å². The van der Waals surface area contributed by atoms with Crippen LogP contribution in [0.15, 0.2) is 24.3 Å². The molecule has 0 aliphatic rings. The Morgan fingerprint density at radius 1 is 1.00 bits per heavy atom. The van der Waals surface area contributed by atoms with Crippen LogP contribution in [0, 0.1) is 0 Å². The summed E-state index contributed by atoms with van der Waals surface area (Å²) in [6.45, 7) is 0. The number of halogens is 6. The van der Waals surface area contributed by atoms with Crippen LogP contribution in [0.5, 0.6) is 0 Å². The molecular formula is C11H5Cl3F3N3. The van der Waals surface area contributed by atoms with Gasteiger partial charge in [0.2, 0.25) is 5.82 Å². The van der Waals surface area contributed by atoms with Crippen LogP contribution >= 0.6 is 34.8 Å². The summed E-state index contributed by atoms with van der Waals surface area (Å²) in [7, 11) is 0. The Morgan fingerprint density at radius 2 is 1.70 bits per heavy atom. The van der Waals surface area contributed by atoms with E-state index in [2.05, 4.69) is 15.3 Å². The number of alkyl halides is 3. The fourth-order valence-corrected chi connectivity index (χ4v) is 1.98. The summed E-state index contributed by atoms with van der Waals surface area (Å²) in [6, 6.07) is 5.64. The van der Waals surface area contributed by atoms with E-state index in [0.717, 1.165) is 6.07 Å². The molecule has 0 unspecified atom stereocenters. The van der Waals surface area contributed by atoms with Gasteiger partial charge in [0.05, 0.1) is 10.7 Å². The molecule has 0 atom stereocenters. The quantitative estimate of drug-likeness (QED) is 0.762. The monoisotopic (exact) mass is 341 g/mol. The molecule has 0 radical (unpaired) electrons. The lowest BCUT2D eigenvalue weighted by atomic mass is 10.3. The average molecular weight is 343 g/mol. The van der Waals surface area contributed by atoms with E-state index in [0.29, 0.717) is 10.7 Å². The lowest BCUT2D eigenvalue weighted by molar-refractivity contribution is -0.144. The van der Waals surface area contributed by atoms with Gasteiger partial charge in [-0.15, -0.1) is 0 Å². The van der Waals surface area contributed by atoms with Crippen molar-refractivity contribution < 1.29 is 13.2 Å². The molecule has 0 saturated carbocycles. The van der Waals surface area contributed by atoms with Gasteiger partial charge in [0.15, 0.2) is 0 Å². The Bertz CT molecular complexity index is 647. The minimum Gasteiger partial charge on any atom is -0.339 e. The second-order valence-corrected chi connectivity index (χ2v) is 4.88. The fraction of sp³-hybridized carbons (Fsp3) is 0.0909. The number of anilines is 2. The molecule has 1 aromatic carbocycles. The van der Waals surface area contributed by atoms with Crippen LogP contribution in [0.3, 0.4) is 0 Å². The molecular weight excluding hydrogens is 337 g/mol. The molecule has 2 aromatic rings. The Balaban J connectivity index is 2.36. The lowest BCUT2D eigenvalue weighted by Gasteiger charge is -2.10. The lowest BCUT2D eigenvalue weighted by Crippen LogP contribution is -2.12. The largest absolute Gasteiger partial charge is 0.451 e. The van der Waals surface area contributed by atoms with E-state index in [9.17, 15) is 13.2 Å². The van der Waals surface area contributed by atoms with Crippen molar-refractivity contribution in [2.24, 2.45) is 0 Å². The van der Waals surface area contributed by atoms with Gasteiger partial charge in [-0.05, 0) is 18.2 Å². The smallest absolute Gasteiger partial charge is 0.339 e. The van der Waals surface area contributed by atoms with E-state index in [1.807, 2.05) is 0 Å². The third kappa shape index (κ3) is 3.65. The first-order valence-corrected chi connectivity index (χ1v) is 6.23. The number of hydrogen-bond acceptors (Lipinski definition) is 3. The molecule has 0 aliphatic carbocycles. The maximum Gasteiger partial charge on any atom is 0.451 e. The Morgan fingerprint density at radius 3 is 2.30 bits per heavy atom. The highest BCUT2D eigenvalue weighted by molar-refractivity contribution is 6.36. The fourth-order valence-electron chi connectivity index (χ4n) is 1.34. The third-order valence-corrected chi connectivity index (χ3v) is 2.88. The molecule has 0 fully saturated rings. The molecule has 2 rings (SSSR count). The van der Waals surface area contributed by atoms with Crippen LogP contribution in [0.4, 0.5) is 24.7 Å². The molecule has 3 nitrogen and oxygen atoms in total. The van der Waals surface area contributed by atoms with Gasteiger partial charge in [0, 0.05) is 11.1 Å². The summed E-state index contributed by atoms with van der Waals surface area (Å²) in [5.41, 5.74) is 0.346. The number of nitrogens with zero attached hydrogens (tertiary/aromatic N) is 2. The van der Waals surface area contributed by atoms with Crippen LogP contribution < -0.4 is 5.32 Å². The summed E-state index contributed by atoms with van der Waals surface area (Å²) >= 11 is 17.2. The van der Waals surface area contributed by atoms with Crippen LogP contribution in [0.1, 0.15) is 5.82 Å². The zero-order chi connectivity index (χ0) is 14.9. The topological polar surface area (TPSA) is 37.8 Å². The van der Waals surface area contributed by atoms with Gasteiger partial charge in [-0.2, -0.15) is 13.2 Å². The number of hydrogen-bond donors (Lipinski definition) is 1. The first-order chi connectivity index (χ1) is 9.25. The van der Waals surface area contributed by atoms with Crippen molar-refractivity contribution in [3.8, 4) is 0 Å². The van der Waals surface area contributed by atoms with E-state index in [1.54, 1.807) is 0 Å². The third-order valence-electron chi connectivity index (χ3n) is 2.14. The minimum atomic E-state index is -4.69. The molecule has 0 spiro atoms. The minimum absolute atomic E-state index is 0.124. The number of benzene rings is 1. The van der Waals surface area contributed by atoms with E-state index in [1.165, 1.54) is 18.2 Å². The first kappa shape index (κ1) is 15.2. The zero-order valence-corrected chi connectivity index (χ0v) is 11.7. The number of nitrogens with one attached hydrogen (secondary N) is 1. The first-order valence-electron chi connectivity index (χ1n) is 5.09. The van der Waals surface area contributed by atoms with Crippen molar-refractivity contribution in [1.29, 1.82) is 0 Å². The normalized spacial score (nSPS) is 11.5. The Kier molecular flexibility index (Phi) is 4.27. The second-order valence-electron chi connectivity index (χ2n) is 3.65. The highest BCUT2D eigenvalue weighted by atomic mass is 35.5. The van der Waals surface area contributed by atoms with Crippen molar-refractivity contribution >= 4 is 46.3 Å². The number of rotatable bonds is 2. The Hall–Kier alpha value is -1.24. The van der Waals surface area contributed by atoms with Crippen molar-refractivity contribution in [1.82, 2.24) is 9.97 Å². The summed E-state index contributed by atoms with van der Waals surface area (Å²) in [4.78, 5) is 6.46. The van der Waals surface area contributed by atoms with E-state index in [4.69, 9.17) is 34.8 Å². The van der Waals surface area contributed by atoms with Crippen LogP contribution in [0.2, 0.25) is 15.2 Å². The van der Waals surface area contributed by atoms with Crippen molar-refractivity contribution in [3.05, 3.63) is 45.3 Å². The molecule has 0 bridgehead atoms. The second kappa shape index (κ2) is 5.63. The van der Waals surface area contributed by atoms with Gasteiger partial charge < -0.3 is 5.32 Å². The molecule has 0 aliphatic heterocycles. The summed E-state index contributed by atoms with van der Waals surface area (Å²) in [5.74, 6) is -1.46. The predicted molar refractivity (Wildman–Crippen MR) is 71.8 cm³/mol. The zero-order valence-electron chi connectivity index (χ0n) is 9.47. The van der Waals surface area contributed by atoms with Crippen molar-refractivity contribution in [3.63, 3.8) is 0 Å². The predicted octanol–water partition coefficient (Wildman–Crippen LogP) is 5.20. The van der Waals surface area contributed by atoms with Gasteiger partial charge in [-0.1, -0.05) is 34.8 Å². The van der Waals surface area contributed by atoms with Crippen LogP contribution in [-0.4, -0.2) is 9.97 Å². The molecule has 1 N–H and O–H groups in total. The Labute approximate surface area is 126 Å². The average Bonchev–Trinajstić information content (AvgIpc) is 2.31. The summed E-state index contributed by atoms with van der Waals surface area (Å²) in [5, 5.41) is 2.93. The summed E-state index contributed by atoms with van der Waals surface area (Å²) in [6.07, 6.45) is -4.69. The maximum atomic E-state index is 12.6. The van der Waals surface area contributed by atoms with E-state index in [-0.39, 0.29) is 16.0 Å². The van der Waals surface area contributed by atoms with E-state index < -0.39 is 12.0 Å². The van der Waals surface area contributed by atoms with Gasteiger partial charge in [0.25, 0.3) is 0 Å². The molecule has 0 saturated heterocycles. The molecule has 0 amide bonds. The molecule has 1 heterocycles. The van der Waals surface area contributed by atoms with Gasteiger partial charge in [0.1, 0.15) is 11.0 Å². The molecule has 20 heavy (non-hydrogen) atoms.